The Bertz CT molecular complexity index is 500. The molecule has 0 aliphatic rings. The third-order valence-corrected chi connectivity index (χ3v) is 3.72. The van der Waals surface area contributed by atoms with E-state index in [1.807, 2.05) is 35.7 Å². The molecule has 0 unspecified atom stereocenters. The second-order valence-corrected chi connectivity index (χ2v) is 5.11. The molecule has 2 rings (SSSR count). The van der Waals surface area contributed by atoms with Crippen LogP contribution in [0.1, 0.15) is 11.1 Å². The van der Waals surface area contributed by atoms with Crippen molar-refractivity contribution in [2.75, 3.05) is 0 Å². The van der Waals surface area contributed by atoms with E-state index >= 15 is 0 Å². The predicted molar refractivity (Wildman–Crippen MR) is 77.3 cm³/mol. The highest BCUT2D eigenvalue weighted by Gasteiger charge is 1.97. The van der Waals surface area contributed by atoms with Gasteiger partial charge >= 0.3 is 0 Å². The van der Waals surface area contributed by atoms with Crippen LogP contribution in [0.4, 0.5) is 0 Å². The van der Waals surface area contributed by atoms with E-state index in [1.54, 1.807) is 11.8 Å². The van der Waals surface area contributed by atoms with Crippen LogP contribution in [0.5, 0.6) is 0 Å². The molecule has 0 aromatic heterocycles. The zero-order valence-corrected chi connectivity index (χ0v) is 11.1. The Labute approximate surface area is 111 Å². The van der Waals surface area contributed by atoms with Crippen LogP contribution in [0, 0.1) is 6.92 Å². The van der Waals surface area contributed by atoms with Gasteiger partial charge in [0, 0.05) is 4.90 Å². The lowest BCUT2D eigenvalue weighted by molar-refractivity contribution is 1.38. The molecule has 0 saturated heterocycles. The van der Waals surface area contributed by atoms with E-state index in [0.717, 1.165) is 10.6 Å². The van der Waals surface area contributed by atoms with Crippen LogP contribution in [0.25, 0.3) is 5.03 Å². The Balaban J connectivity index is 2.08. The number of hydrogen-bond donors (Lipinski definition) is 0. The van der Waals surface area contributed by atoms with Gasteiger partial charge in [-0.25, -0.2) is 0 Å². The molecule has 0 fully saturated rings. The SMILES string of the molecule is Cc1ccc(S/C=C(\Cl)c2ccccc2)cc1. The molecule has 2 aromatic rings. The molecule has 0 heterocycles. The molecule has 2 aromatic carbocycles. The van der Waals surface area contributed by atoms with Crippen molar-refractivity contribution in [3.63, 3.8) is 0 Å². The molecule has 0 saturated carbocycles. The maximum absolute atomic E-state index is 6.23. The summed E-state index contributed by atoms with van der Waals surface area (Å²) >= 11 is 7.87. The summed E-state index contributed by atoms with van der Waals surface area (Å²) in [5.41, 5.74) is 2.32. The molecule has 0 aliphatic heterocycles. The Morgan fingerprint density at radius 2 is 1.65 bits per heavy atom. The van der Waals surface area contributed by atoms with E-state index in [9.17, 15) is 0 Å². The zero-order valence-electron chi connectivity index (χ0n) is 9.56. The summed E-state index contributed by atoms with van der Waals surface area (Å²) < 4.78 is 0. The zero-order chi connectivity index (χ0) is 12.1. The predicted octanol–water partition coefficient (Wildman–Crippen LogP) is 5.32. The highest BCUT2D eigenvalue weighted by molar-refractivity contribution is 8.02. The molecule has 2 heteroatoms. The van der Waals surface area contributed by atoms with Gasteiger partial charge in [0.15, 0.2) is 0 Å². The number of thioether (sulfide) groups is 1. The first-order valence-electron chi connectivity index (χ1n) is 5.40. The Hall–Kier alpha value is -1.18. The highest BCUT2D eigenvalue weighted by atomic mass is 35.5. The minimum Gasteiger partial charge on any atom is -0.0965 e. The summed E-state index contributed by atoms with van der Waals surface area (Å²) in [5.74, 6) is 0. The third-order valence-electron chi connectivity index (χ3n) is 2.37. The van der Waals surface area contributed by atoms with Gasteiger partial charge < -0.3 is 0 Å². The first-order chi connectivity index (χ1) is 8.25. The molecule has 0 spiro atoms. The fourth-order valence-corrected chi connectivity index (χ4v) is 2.33. The van der Waals surface area contributed by atoms with E-state index < -0.39 is 0 Å². The Kier molecular flexibility index (Phi) is 4.29. The number of aryl methyl sites for hydroxylation is 1. The Morgan fingerprint density at radius 1 is 1.00 bits per heavy atom. The first-order valence-corrected chi connectivity index (χ1v) is 6.66. The summed E-state index contributed by atoms with van der Waals surface area (Å²) in [6.45, 7) is 2.08. The van der Waals surface area contributed by atoms with Crippen molar-refractivity contribution in [2.45, 2.75) is 11.8 Å². The van der Waals surface area contributed by atoms with Gasteiger partial charge in [0.2, 0.25) is 0 Å². The van der Waals surface area contributed by atoms with Crippen LogP contribution in [0.3, 0.4) is 0 Å². The lowest BCUT2D eigenvalue weighted by Gasteiger charge is -2.00. The molecule has 0 aliphatic carbocycles. The maximum Gasteiger partial charge on any atom is 0.0544 e. The second-order valence-electron chi connectivity index (χ2n) is 3.76. The molecule has 0 nitrogen and oxygen atoms in total. The van der Waals surface area contributed by atoms with Crippen LogP contribution in [0.15, 0.2) is 64.9 Å². The van der Waals surface area contributed by atoms with E-state index in [4.69, 9.17) is 11.6 Å². The van der Waals surface area contributed by atoms with Crippen molar-refractivity contribution >= 4 is 28.4 Å². The van der Waals surface area contributed by atoms with Crippen molar-refractivity contribution in [3.8, 4) is 0 Å². The summed E-state index contributed by atoms with van der Waals surface area (Å²) in [6, 6.07) is 18.4. The van der Waals surface area contributed by atoms with Crippen molar-refractivity contribution in [1.29, 1.82) is 0 Å². The molecular weight excluding hydrogens is 248 g/mol. The first kappa shape index (κ1) is 12.3. The van der Waals surface area contributed by atoms with Crippen molar-refractivity contribution in [3.05, 3.63) is 71.1 Å². The smallest absolute Gasteiger partial charge is 0.0544 e. The highest BCUT2D eigenvalue weighted by Crippen LogP contribution is 2.27. The molecule has 0 N–H and O–H groups in total. The molecule has 0 radical (unpaired) electrons. The van der Waals surface area contributed by atoms with Crippen LogP contribution in [0.2, 0.25) is 0 Å². The molecule has 0 atom stereocenters. The van der Waals surface area contributed by atoms with E-state index in [1.165, 1.54) is 10.5 Å². The lowest BCUT2D eigenvalue weighted by atomic mass is 10.2. The quantitative estimate of drug-likeness (QED) is 0.673. The van der Waals surface area contributed by atoms with Gasteiger partial charge in [0.25, 0.3) is 0 Å². The lowest BCUT2D eigenvalue weighted by Crippen LogP contribution is -1.75. The number of rotatable bonds is 3. The Morgan fingerprint density at radius 3 is 2.29 bits per heavy atom. The minimum atomic E-state index is 0.774. The fourth-order valence-electron chi connectivity index (χ4n) is 1.40. The average molecular weight is 261 g/mol. The van der Waals surface area contributed by atoms with Gasteiger partial charge in [-0.2, -0.15) is 0 Å². The molecule has 86 valence electrons. The minimum absolute atomic E-state index is 0.774. The van der Waals surface area contributed by atoms with Crippen LogP contribution >= 0.6 is 23.4 Å². The molecule has 0 bridgehead atoms. The van der Waals surface area contributed by atoms with E-state index in [2.05, 4.69) is 31.2 Å². The molecule has 17 heavy (non-hydrogen) atoms. The van der Waals surface area contributed by atoms with Crippen molar-refractivity contribution in [2.24, 2.45) is 0 Å². The van der Waals surface area contributed by atoms with Gasteiger partial charge in [0.05, 0.1) is 5.03 Å². The summed E-state index contributed by atoms with van der Waals surface area (Å²) in [6.07, 6.45) is 0. The fraction of sp³-hybridized carbons (Fsp3) is 0.0667. The number of benzene rings is 2. The standard InChI is InChI=1S/C15H13ClS/c1-12-7-9-14(10-8-12)17-11-15(16)13-5-3-2-4-6-13/h2-11H,1H3/b15-11-. The van der Waals surface area contributed by atoms with Gasteiger partial charge in [-0.3, -0.25) is 0 Å². The monoisotopic (exact) mass is 260 g/mol. The summed E-state index contributed by atoms with van der Waals surface area (Å²) in [5, 5.41) is 2.75. The normalized spacial score (nSPS) is 11.5. The average Bonchev–Trinajstić information content (AvgIpc) is 2.39. The van der Waals surface area contributed by atoms with Crippen molar-refractivity contribution in [1.82, 2.24) is 0 Å². The van der Waals surface area contributed by atoms with E-state index in [-0.39, 0.29) is 0 Å². The maximum atomic E-state index is 6.23. The largest absolute Gasteiger partial charge is 0.0965 e. The van der Waals surface area contributed by atoms with Gasteiger partial charge in [0.1, 0.15) is 0 Å². The summed E-state index contributed by atoms with van der Waals surface area (Å²) in [7, 11) is 0. The van der Waals surface area contributed by atoms with Gasteiger partial charge in [-0.05, 0) is 30.0 Å². The molecule has 0 amide bonds. The third kappa shape index (κ3) is 3.65. The van der Waals surface area contributed by atoms with Crippen LogP contribution in [-0.4, -0.2) is 0 Å². The number of hydrogen-bond acceptors (Lipinski definition) is 1. The number of halogens is 1. The van der Waals surface area contributed by atoms with Gasteiger partial charge in [-0.15, -0.1) is 0 Å². The van der Waals surface area contributed by atoms with Gasteiger partial charge in [-0.1, -0.05) is 71.4 Å². The molecular formula is C15H13ClS. The summed E-state index contributed by atoms with van der Waals surface area (Å²) in [4.78, 5) is 1.20. The van der Waals surface area contributed by atoms with E-state index in [0.29, 0.717) is 0 Å². The van der Waals surface area contributed by atoms with Crippen LogP contribution in [-0.2, 0) is 0 Å². The topological polar surface area (TPSA) is 0 Å². The van der Waals surface area contributed by atoms with Crippen molar-refractivity contribution < 1.29 is 0 Å². The second kappa shape index (κ2) is 5.95. The van der Waals surface area contributed by atoms with Crippen LogP contribution < -0.4 is 0 Å².